The van der Waals surface area contributed by atoms with Crippen molar-refractivity contribution >= 4 is 48.9 Å². The highest BCUT2D eigenvalue weighted by Gasteiger charge is 2.23. The minimum Gasteiger partial charge on any atom is -0.486 e. The number of carbonyl (C=O) groups excluding carboxylic acids is 1. The third-order valence-electron chi connectivity index (χ3n) is 4.77. The van der Waals surface area contributed by atoms with Gasteiger partial charge in [-0.2, -0.15) is 0 Å². The van der Waals surface area contributed by atoms with Gasteiger partial charge in [0.15, 0.2) is 11.5 Å². The quantitative estimate of drug-likeness (QED) is 0.601. The Balaban J connectivity index is 1.56. The number of anilines is 2. The van der Waals surface area contributed by atoms with Crippen LogP contribution < -0.4 is 24.0 Å². The number of aryl methyl sites for hydroxylation is 1. The van der Waals surface area contributed by atoms with Crippen LogP contribution in [0.1, 0.15) is 6.92 Å². The van der Waals surface area contributed by atoms with E-state index in [2.05, 4.69) is 5.32 Å². The van der Waals surface area contributed by atoms with Gasteiger partial charge in [-0.05, 0) is 37.3 Å². The topological polar surface area (TPSA) is 107 Å². The lowest BCUT2D eigenvalue weighted by atomic mass is 10.2. The summed E-state index contributed by atoms with van der Waals surface area (Å²) in [5.74, 6) is 0.444. The van der Waals surface area contributed by atoms with Crippen LogP contribution in [0.4, 0.5) is 11.4 Å². The summed E-state index contributed by atoms with van der Waals surface area (Å²) in [6.45, 7) is 2.82. The molecule has 2 aromatic carbocycles. The number of hydrogen-bond donors (Lipinski definition) is 1. The number of benzene rings is 2. The van der Waals surface area contributed by atoms with E-state index >= 15 is 0 Å². The third-order valence-corrected chi connectivity index (χ3v) is 6.85. The van der Waals surface area contributed by atoms with Gasteiger partial charge in [0.2, 0.25) is 15.9 Å². The summed E-state index contributed by atoms with van der Waals surface area (Å²) in [5, 5.41) is 2.71. The molecule has 3 aromatic rings. The second-order valence-electron chi connectivity index (χ2n) is 6.94. The molecule has 11 heteroatoms. The summed E-state index contributed by atoms with van der Waals surface area (Å²) < 4.78 is 39.1. The minimum atomic E-state index is -3.74. The number of thiazole rings is 1. The standard InChI is InChI=1S/C20H21N3O6S2/c1-3-22-15-6-4-13(10-18(15)30-20(22)25)21-19(24)12-23(31(2,26)27)14-5-7-16-17(11-14)29-9-8-28-16/h4-7,10-11H,3,8-9,12H2,1-2H3,(H,21,24). The molecule has 0 aliphatic carbocycles. The Kier molecular flexibility index (Phi) is 5.63. The Morgan fingerprint density at radius 1 is 1.16 bits per heavy atom. The van der Waals surface area contributed by atoms with E-state index in [1.807, 2.05) is 6.92 Å². The lowest BCUT2D eigenvalue weighted by Gasteiger charge is -2.24. The first-order valence-corrected chi connectivity index (χ1v) is 12.2. The maximum Gasteiger partial charge on any atom is 0.308 e. The second-order valence-corrected chi connectivity index (χ2v) is 9.84. The van der Waals surface area contributed by atoms with Crippen LogP contribution in [0.2, 0.25) is 0 Å². The summed E-state index contributed by atoms with van der Waals surface area (Å²) in [7, 11) is -3.74. The first-order chi connectivity index (χ1) is 14.8. The zero-order chi connectivity index (χ0) is 22.2. The first-order valence-electron chi connectivity index (χ1n) is 9.57. The van der Waals surface area contributed by atoms with E-state index < -0.39 is 22.5 Å². The predicted octanol–water partition coefficient (Wildman–Crippen LogP) is 2.26. The average molecular weight is 464 g/mol. The largest absolute Gasteiger partial charge is 0.486 e. The second kappa shape index (κ2) is 8.23. The van der Waals surface area contributed by atoms with Gasteiger partial charge in [0.05, 0.1) is 22.2 Å². The molecule has 31 heavy (non-hydrogen) atoms. The van der Waals surface area contributed by atoms with Crippen LogP contribution in [0.3, 0.4) is 0 Å². The normalized spacial score (nSPS) is 13.2. The molecule has 1 aliphatic rings. The van der Waals surface area contributed by atoms with Gasteiger partial charge in [-0.25, -0.2) is 8.42 Å². The molecule has 0 spiro atoms. The molecule has 0 fully saturated rings. The molecular weight excluding hydrogens is 442 g/mol. The van der Waals surface area contributed by atoms with E-state index in [0.717, 1.165) is 32.1 Å². The molecule has 0 radical (unpaired) electrons. The van der Waals surface area contributed by atoms with Gasteiger partial charge < -0.3 is 14.8 Å². The molecule has 4 rings (SSSR count). The SMILES string of the molecule is CCn1c(=O)sc2cc(NC(=O)CN(c3ccc4c(c3)OCCO4)S(C)(=O)=O)ccc21. The van der Waals surface area contributed by atoms with Crippen LogP contribution in [-0.4, -0.2) is 44.9 Å². The van der Waals surface area contributed by atoms with Gasteiger partial charge in [-0.3, -0.25) is 18.5 Å². The van der Waals surface area contributed by atoms with Crippen molar-refractivity contribution in [1.29, 1.82) is 0 Å². The Hall–Kier alpha value is -3.05. The molecular formula is C20H21N3O6S2. The molecule has 0 unspecified atom stereocenters. The van der Waals surface area contributed by atoms with Gasteiger partial charge in [-0.15, -0.1) is 0 Å². The summed E-state index contributed by atoms with van der Waals surface area (Å²) in [6.07, 6.45) is 1.04. The van der Waals surface area contributed by atoms with Crippen molar-refractivity contribution in [2.75, 3.05) is 35.6 Å². The molecule has 164 valence electrons. The van der Waals surface area contributed by atoms with Crippen molar-refractivity contribution in [3.63, 3.8) is 0 Å². The van der Waals surface area contributed by atoms with E-state index in [1.54, 1.807) is 41.0 Å². The summed E-state index contributed by atoms with van der Waals surface area (Å²) in [6, 6.07) is 9.89. The number of nitrogens with zero attached hydrogens (tertiary/aromatic N) is 2. The molecule has 1 N–H and O–H groups in total. The lowest BCUT2D eigenvalue weighted by Crippen LogP contribution is -2.37. The number of fused-ring (bicyclic) bond motifs is 2. The maximum atomic E-state index is 12.7. The molecule has 1 aromatic heterocycles. The third kappa shape index (κ3) is 4.37. The molecule has 0 atom stereocenters. The fourth-order valence-corrected chi connectivity index (χ4v) is 5.20. The van der Waals surface area contributed by atoms with Gasteiger partial charge in [0.1, 0.15) is 19.8 Å². The molecule has 1 aliphatic heterocycles. The number of aromatic nitrogens is 1. The Bertz CT molecular complexity index is 1310. The zero-order valence-electron chi connectivity index (χ0n) is 17.0. The highest BCUT2D eigenvalue weighted by atomic mass is 32.2. The van der Waals surface area contributed by atoms with E-state index in [-0.39, 0.29) is 4.87 Å². The Labute approximate surface area is 182 Å². The van der Waals surface area contributed by atoms with Crippen molar-refractivity contribution in [2.24, 2.45) is 0 Å². The van der Waals surface area contributed by atoms with Crippen LogP contribution in [0.5, 0.6) is 11.5 Å². The highest BCUT2D eigenvalue weighted by Crippen LogP contribution is 2.34. The van der Waals surface area contributed by atoms with Crippen molar-refractivity contribution in [2.45, 2.75) is 13.5 Å². The first kappa shape index (κ1) is 21.2. The Morgan fingerprint density at radius 2 is 1.90 bits per heavy atom. The van der Waals surface area contributed by atoms with Crippen molar-refractivity contribution < 1.29 is 22.7 Å². The van der Waals surface area contributed by atoms with Gasteiger partial charge in [0.25, 0.3) is 0 Å². The number of hydrogen-bond acceptors (Lipinski definition) is 7. The summed E-state index contributed by atoms with van der Waals surface area (Å²) in [5.41, 5.74) is 1.58. The number of ether oxygens (including phenoxy) is 2. The fourth-order valence-electron chi connectivity index (χ4n) is 3.36. The lowest BCUT2D eigenvalue weighted by molar-refractivity contribution is -0.114. The zero-order valence-corrected chi connectivity index (χ0v) is 18.6. The summed E-state index contributed by atoms with van der Waals surface area (Å²) in [4.78, 5) is 24.6. The molecule has 0 saturated heterocycles. The van der Waals surface area contributed by atoms with E-state index in [4.69, 9.17) is 9.47 Å². The van der Waals surface area contributed by atoms with Gasteiger partial charge >= 0.3 is 4.87 Å². The molecule has 0 bridgehead atoms. The fraction of sp³-hybridized carbons (Fsp3) is 0.300. The van der Waals surface area contributed by atoms with Crippen molar-refractivity contribution in [1.82, 2.24) is 4.57 Å². The number of nitrogens with one attached hydrogen (secondary N) is 1. The van der Waals surface area contributed by atoms with Crippen LogP contribution in [-0.2, 0) is 21.4 Å². The van der Waals surface area contributed by atoms with Crippen LogP contribution in [0, 0.1) is 0 Å². The van der Waals surface area contributed by atoms with Gasteiger partial charge in [-0.1, -0.05) is 11.3 Å². The summed E-state index contributed by atoms with van der Waals surface area (Å²) >= 11 is 1.10. The average Bonchev–Trinajstić information content (AvgIpc) is 3.05. The molecule has 9 nitrogen and oxygen atoms in total. The van der Waals surface area contributed by atoms with E-state index in [9.17, 15) is 18.0 Å². The highest BCUT2D eigenvalue weighted by molar-refractivity contribution is 7.92. The molecule has 1 amide bonds. The minimum absolute atomic E-state index is 0.0668. The number of carbonyl (C=O) groups is 1. The number of rotatable bonds is 6. The van der Waals surface area contributed by atoms with E-state index in [1.165, 1.54) is 0 Å². The van der Waals surface area contributed by atoms with E-state index in [0.29, 0.717) is 42.6 Å². The molecule has 0 saturated carbocycles. The smallest absolute Gasteiger partial charge is 0.308 e. The monoisotopic (exact) mass is 463 g/mol. The van der Waals surface area contributed by atoms with Crippen LogP contribution >= 0.6 is 11.3 Å². The van der Waals surface area contributed by atoms with Gasteiger partial charge in [0, 0.05) is 18.3 Å². The Morgan fingerprint density at radius 3 is 2.61 bits per heavy atom. The van der Waals surface area contributed by atoms with Crippen LogP contribution in [0.15, 0.2) is 41.2 Å². The number of amides is 1. The predicted molar refractivity (Wildman–Crippen MR) is 120 cm³/mol. The van der Waals surface area contributed by atoms with Crippen molar-refractivity contribution in [3.8, 4) is 11.5 Å². The van der Waals surface area contributed by atoms with Crippen LogP contribution in [0.25, 0.3) is 10.2 Å². The molecule has 2 heterocycles. The van der Waals surface area contributed by atoms with Crippen molar-refractivity contribution in [3.05, 3.63) is 46.1 Å². The number of sulfonamides is 1. The maximum absolute atomic E-state index is 12.7.